The van der Waals surface area contributed by atoms with Crippen LogP contribution in [0.2, 0.25) is 0 Å². The smallest absolute Gasteiger partial charge is 0.154 e. The second-order valence-corrected chi connectivity index (χ2v) is 9.07. The summed E-state index contributed by atoms with van der Waals surface area (Å²) in [5, 5.41) is 19.4. The van der Waals surface area contributed by atoms with Gasteiger partial charge in [0.1, 0.15) is 11.5 Å². The number of benzene rings is 1. The molecule has 132 valence electrons. The summed E-state index contributed by atoms with van der Waals surface area (Å²) in [6.45, 7) is 0. The van der Waals surface area contributed by atoms with Gasteiger partial charge in [-0.25, -0.2) is 8.42 Å². The fraction of sp³-hybridized carbons (Fsp3) is 0.412. The zero-order chi connectivity index (χ0) is 17.6. The summed E-state index contributed by atoms with van der Waals surface area (Å²) in [4.78, 5) is 1.24. The Morgan fingerprint density at radius 1 is 1.17 bits per heavy atom. The standard InChI is InChI=1S/C17H23NO4S2/c1-24(21,22)16(17(19)18-20)7-3-2-5-13-8-10-14(11-9-13)15-6-4-12-23-15/h4,6,8-12,16-20H,2-3,5,7H2,1H3. The molecule has 24 heavy (non-hydrogen) atoms. The Morgan fingerprint density at radius 3 is 2.42 bits per heavy atom. The SMILES string of the molecule is CS(=O)(=O)C(CCCCc1ccc(-c2cccs2)cc1)C(O)NO. The molecule has 2 atom stereocenters. The lowest BCUT2D eigenvalue weighted by atomic mass is 10.0. The number of aryl methyl sites for hydroxylation is 1. The molecule has 2 unspecified atom stereocenters. The first-order chi connectivity index (χ1) is 11.4. The number of hydrogen-bond acceptors (Lipinski definition) is 6. The molecule has 1 aromatic carbocycles. The van der Waals surface area contributed by atoms with Crippen molar-refractivity contribution in [3.8, 4) is 10.4 Å². The van der Waals surface area contributed by atoms with Gasteiger partial charge in [0.2, 0.25) is 0 Å². The molecule has 0 radical (unpaired) electrons. The quantitative estimate of drug-likeness (QED) is 0.359. The van der Waals surface area contributed by atoms with Gasteiger partial charge in [0.25, 0.3) is 0 Å². The molecule has 0 amide bonds. The Morgan fingerprint density at radius 2 is 1.88 bits per heavy atom. The Hall–Kier alpha value is -1.25. The summed E-state index contributed by atoms with van der Waals surface area (Å²) in [6, 6.07) is 12.5. The summed E-state index contributed by atoms with van der Waals surface area (Å²) < 4.78 is 23.3. The summed E-state index contributed by atoms with van der Waals surface area (Å²) in [5.74, 6) is 0. The molecule has 0 aliphatic carbocycles. The van der Waals surface area contributed by atoms with E-state index in [1.807, 2.05) is 6.07 Å². The number of rotatable bonds is 9. The van der Waals surface area contributed by atoms with Gasteiger partial charge in [0.15, 0.2) is 9.84 Å². The molecule has 2 rings (SSSR count). The Balaban J connectivity index is 1.83. The number of sulfone groups is 1. The summed E-state index contributed by atoms with van der Waals surface area (Å²) in [6.07, 6.45) is 2.25. The summed E-state index contributed by atoms with van der Waals surface area (Å²) in [5.41, 5.74) is 4.03. The van der Waals surface area contributed by atoms with E-state index < -0.39 is 21.3 Å². The van der Waals surface area contributed by atoms with Crippen molar-refractivity contribution in [1.29, 1.82) is 0 Å². The number of nitrogens with one attached hydrogen (secondary N) is 1. The third kappa shape index (κ3) is 5.39. The van der Waals surface area contributed by atoms with Crippen LogP contribution in [0.15, 0.2) is 41.8 Å². The molecule has 0 saturated heterocycles. The molecule has 7 heteroatoms. The lowest BCUT2D eigenvalue weighted by molar-refractivity contribution is -0.00152. The van der Waals surface area contributed by atoms with E-state index in [4.69, 9.17) is 5.21 Å². The maximum Gasteiger partial charge on any atom is 0.154 e. The largest absolute Gasteiger partial charge is 0.375 e. The van der Waals surface area contributed by atoms with E-state index in [1.165, 1.54) is 16.0 Å². The van der Waals surface area contributed by atoms with Crippen LogP contribution in [0, 0.1) is 0 Å². The highest BCUT2D eigenvalue weighted by molar-refractivity contribution is 7.91. The highest BCUT2D eigenvalue weighted by Crippen LogP contribution is 2.25. The van der Waals surface area contributed by atoms with Gasteiger partial charge in [-0.2, -0.15) is 5.48 Å². The van der Waals surface area contributed by atoms with Crippen molar-refractivity contribution in [2.75, 3.05) is 6.26 Å². The molecule has 0 aliphatic heterocycles. The number of thiophene rings is 1. The Bertz CT molecular complexity index is 712. The minimum atomic E-state index is -3.42. The summed E-state index contributed by atoms with van der Waals surface area (Å²) >= 11 is 1.71. The van der Waals surface area contributed by atoms with E-state index in [0.717, 1.165) is 19.1 Å². The molecule has 0 fully saturated rings. The van der Waals surface area contributed by atoms with Crippen molar-refractivity contribution < 1.29 is 18.7 Å². The number of aliphatic hydroxyl groups is 1. The third-order valence-electron chi connectivity index (χ3n) is 4.00. The van der Waals surface area contributed by atoms with Gasteiger partial charge in [-0.15, -0.1) is 11.3 Å². The van der Waals surface area contributed by atoms with Crippen molar-refractivity contribution in [2.24, 2.45) is 0 Å². The van der Waals surface area contributed by atoms with Crippen LogP contribution in [0.4, 0.5) is 0 Å². The van der Waals surface area contributed by atoms with Crippen molar-refractivity contribution in [1.82, 2.24) is 5.48 Å². The molecule has 3 N–H and O–H groups in total. The van der Waals surface area contributed by atoms with E-state index in [0.29, 0.717) is 12.8 Å². The molecule has 5 nitrogen and oxygen atoms in total. The average Bonchev–Trinajstić information content (AvgIpc) is 3.08. The number of aliphatic hydroxyl groups excluding tert-OH is 1. The van der Waals surface area contributed by atoms with Crippen LogP contribution in [0.5, 0.6) is 0 Å². The molecule has 0 aliphatic rings. The van der Waals surface area contributed by atoms with E-state index >= 15 is 0 Å². The molecule has 1 aromatic heterocycles. The van der Waals surface area contributed by atoms with Crippen molar-refractivity contribution in [3.05, 3.63) is 47.3 Å². The maximum atomic E-state index is 11.6. The maximum absolute atomic E-state index is 11.6. The predicted molar refractivity (Wildman–Crippen MR) is 96.9 cm³/mol. The third-order valence-corrected chi connectivity index (χ3v) is 6.51. The lowest BCUT2D eigenvalue weighted by Gasteiger charge is -2.19. The number of unbranched alkanes of at least 4 members (excludes halogenated alkanes) is 1. The van der Waals surface area contributed by atoms with Crippen LogP contribution >= 0.6 is 11.3 Å². The zero-order valence-electron chi connectivity index (χ0n) is 13.6. The monoisotopic (exact) mass is 369 g/mol. The van der Waals surface area contributed by atoms with Gasteiger partial charge in [-0.1, -0.05) is 36.8 Å². The van der Waals surface area contributed by atoms with E-state index in [1.54, 1.807) is 16.8 Å². The zero-order valence-corrected chi connectivity index (χ0v) is 15.2. The van der Waals surface area contributed by atoms with Crippen LogP contribution < -0.4 is 5.48 Å². The van der Waals surface area contributed by atoms with E-state index in [-0.39, 0.29) is 0 Å². The number of hydrogen-bond donors (Lipinski definition) is 3. The van der Waals surface area contributed by atoms with Gasteiger partial charge in [0, 0.05) is 11.1 Å². The minimum Gasteiger partial charge on any atom is -0.375 e. The minimum absolute atomic E-state index is 0.306. The Kier molecular flexibility index (Phi) is 6.94. The fourth-order valence-electron chi connectivity index (χ4n) is 2.64. The molecular formula is C17H23NO4S2. The molecule has 0 bridgehead atoms. The summed E-state index contributed by atoms with van der Waals surface area (Å²) in [7, 11) is -3.42. The molecule has 0 saturated carbocycles. The van der Waals surface area contributed by atoms with Crippen LogP contribution in [-0.2, 0) is 16.3 Å². The number of hydroxylamine groups is 1. The normalized spacial score (nSPS) is 14.5. The van der Waals surface area contributed by atoms with E-state index in [2.05, 4.69) is 35.7 Å². The molecule has 0 spiro atoms. The molecule has 1 heterocycles. The first-order valence-electron chi connectivity index (χ1n) is 7.81. The average molecular weight is 370 g/mol. The van der Waals surface area contributed by atoms with Gasteiger partial charge < -0.3 is 10.3 Å². The van der Waals surface area contributed by atoms with E-state index in [9.17, 15) is 13.5 Å². The van der Waals surface area contributed by atoms with Gasteiger partial charge >= 0.3 is 0 Å². The van der Waals surface area contributed by atoms with Crippen LogP contribution in [-0.4, -0.2) is 36.5 Å². The van der Waals surface area contributed by atoms with Crippen LogP contribution in [0.25, 0.3) is 10.4 Å². The second-order valence-electron chi connectivity index (χ2n) is 5.86. The Labute approximate surface area is 146 Å². The predicted octanol–water partition coefficient (Wildman–Crippen LogP) is 2.84. The molecule has 2 aromatic rings. The topological polar surface area (TPSA) is 86.6 Å². The van der Waals surface area contributed by atoms with Crippen molar-refractivity contribution >= 4 is 21.2 Å². The highest BCUT2D eigenvalue weighted by atomic mass is 32.2. The molecular weight excluding hydrogens is 346 g/mol. The first-order valence-corrected chi connectivity index (χ1v) is 10.6. The van der Waals surface area contributed by atoms with Gasteiger partial charge in [-0.3, -0.25) is 0 Å². The first kappa shape index (κ1) is 19.1. The second kappa shape index (κ2) is 8.73. The fourth-order valence-corrected chi connectivity index (χ4v) is 4.50. The lowest BCUT2D eigenvalue weighted by Crippen LogP contribution is -2.42. The van der Waals surface area contributed by atoms with Gasteiger partial charge in [-0.05, 0) is 41.8 Å². The highest BCUT2D eigenvalue weighted by Gasteiger charge is 2.27. The van der Waals surface area contributed by atoms with Crippen molar-refractivity contribution in [2.45, 2.75) is 37.2 Å². The van der Waals surface area contributed by atoms with Gasteiger partial charge in [0.05, 0.1) is 0 Å². The van der Waals surface area contributed by atoms with Crippen molar-refractivity contribution in [3.63, 3.8) is 0 Å². The van der Waals surface area contributed by atoms with Crippen LogP contribution in [0.3, 0.4) is 0 Å². The van der Waals surface area contributed by atoms with Crippen LogP contribution in [0.1, 0.15) is 24.8 Å².